The number of carbonyl (C=O) groups is 3. The molecule has 3 aromatic carbocycles. The number of benzene rings is 3. The fourth-order valence-corrected chi connectivity index (χ4v) is 4.77. The largest absolute Gasteiger partial charge is 0.490 e. The van der Waals surface area contributed by atoms with E-state index in [0.717, 1.165) is 16.7 Å². The fourth-order valence-electron chi connectivity index (χ4n) is 3.36. The third-order valence-corrected chi connectivity index (χ3v) is 6.87. The average Bonchev–Trinajstić information content (AvgIpc) is 3.10. The SMILES string of the molecule is CCOc1cc(/C=C2\SC(=O)N(Cc3ccccc3Cl)C2=O)cc(Cl)c1OC(=O)c1ccc(Cl)cc1. The van der Waals surface area contributed by atoms with Gasteiger partial charge >= 0.3 is 5.97 Å². The Hall–Kier alpha value is -2.97. The zero-order valence-electron chi connectivity index (χ0n) is 18.8. The van der Waals surface area contributed by atoms with Crippen molar-refractivity contribution in [3.8, 4) is 11.5 Å². The maximum atomic E-state index is 13.0. The van der Waals surface area contributed by atoms with Crippen LogP contribution in [0.2, 0.25) is 15.1 Å². The normalized spacial score (nSPS) is 14.4. The highest BCUT2D eigenvalue weighted by atomic mass is 35.5. The molecular weight excluding hydrogens is 545 g/mol. The van der Waals surface area contributed by atoms with Gasteiger partial charge in [0.1, 0.15) is 0 Å². The lowest BCUT2D eigenvalue weighted by Crippen LogP contribution is -2.27. The maximum absolute atomic E-state index is 13.0. The van der Waals surface area contributed by atoms with Gasteiger partial charge in [0, 0.05) is 10.0 Å². The molecule has 1 aliphatic heterocycles. The molecule has 36 heavy (non-hydrogen) atoms. The number of ether oxygens (including phenoxy) is 2. The van der Waals surface area contributed by atoms with E-state index in [-0.39, 0.29) is 40.1 Å². The van der Waals surface area contributed by atoms with Gasteiger partial charge in [0.25, 0.3) is 11.1 Å². The van der Waals surface area contributed by atoms with Crippen molar-refractivity contribution in [3.63, 3.8) is 0 Å². The zero-order valence-corrected chi connectivity index (χ0v) is 21.9. The topological polar surface area (TPSA) is 72.9 Å². The van der Waals surface area contributed by atoms with E-state index in [2.05, 4.69) is 0 Å². The maximum Gasteiger partial charge on any atom is 0.343 e. The van der Waals surface area contributed by atoms with Gasteiger partial charge in [-0.3, -0.25) is 14.5 Å². The third-order valence-electron chi connectivity index (χ3n) is 5.06. The van der Waals surface area contributed by atoms with Crippen molar-refractivity contribution in [2.24, 2.45) is 0 Å². The van der Waals surface area contributed by atoms with Gasteiger partial charge in [-0.25, -0.2) is 4.79 Å². The van der Waals surface area contributed by atoms with Gasteiger partial charge in [-0.2, -0.15) is 0 Å². The number of halogens is 3. The van der Waals surface area contributed by atoms with Crippen LogP contribution in [0, 0.1) is 0 Å². The van der Waals surface area contributed by atoms with Crippen molar-refractivity contribution in [3.05, 3.63) is 97.3 Å². The molecule has 0 saturated carbocycles. The van der Waals surface area contributed by atoms with Crippen LogP contribution in [0.3, 0.4) is 0 Å². The Kier molecular flexibility index (Phi) is 8.26. The van der Waals surface area contributed by atoms with Crippen molar-refractivity contribution in [2.45, 2.75) is 13.5 Å². The molecule has 1 saturated heterocycles. The lowest BCUT2D eigenvalue weighted by atomic mass is 10.1. The molecular formula is C26H18Cl3NO5S. The number of amides is 2. The van der Waals surface area contributed by atoms with Crippen LogP contribution in [0.15, 0.2) is 65.6 Å². The summed E-state index contributed by atoms with van der Waals surface area (Å²) < 4.78 is 11.2. The van der Waals surface area contributed by atoms with Gasteiger partial charge in [-0.15, -0.1) is 0 Å². The van der Waals surface area contributed by atoms with E-state index < -0.39 is 17.1 Å². The van der Waals surface area contributed by atoms with Gasteiger partial charge in [-0.1, -0.05) is 53.0 Å². The van der Waals surface area contributed by atoms with Crippen LogP contribution in [0.5, 0.6) is 11.5 Å². The Labute approximate surface area is 226 Å². The van der Waals surface area contributed by atoms with Crippen LogP contribution in [0.25, 0.3) is 6.08 Å². The van der Waals surface area contributed by atoms with Gasteiger partial charge in [0.15, 0.2) is 11.5 Å². The highest BCUT2D eigenvalue weighted by Gasteiger charge is 2.35. The van der Waals surface area contributed by atoms with Crippen LogP contribution in [0.4, 0.5) is 4.79 Å². The van der Waals surface area contributed by atoms with Crippen LogP contribution < -0.4 is 9.47 Å². The molecule has 0 aromatic heterocycles. The van der Waals surface area contributed by atoms with Crippen molar-refractivity contribution < 1.29 is 23.9 Å². The number of nitrogens with zero attached hydrogens (tertiary/aromatic N) is 1. The molecule has 3 aromatic rings. The Morgan fingerprint density at radius 3 is 2.42 bits per heavy atom. The van der Waals surface area contributed by atoms with Crippen molar-refractivity contribution >= 4 is 69.8 Å². The Morgan fingerprint density at radius 1 is 1.00 bits per heavy atom. The number of hydrogen-bond donors (Lipinski definition) is 0. The first-order chi connectivity index (χ1) is 17.3. The molecule has 4 rings (SSSR count). The molecule has 1 fully saturated rings. The fraction of sp³-hybridized carbons (Fsp3) is 0.115. The van der Waals surface area contributed by atoms with Gasteiger partial charge in [0.2, 0.25) is 0 Å². The summed E-state index contributed by atoms with van der Waals surface area (Å²) in [7, 11) is 0. The van der Waals surface area contributed by atoms with Crippen LogP contribution in [-0.2, 0) is 11.3 Å². The molecule has 0 spiro atoms. The summed E-state index contributed by atoms with van der Waals surface area (Å²) in [6.07, 6.45) is 1.54. The number of esters is 1. The lowest BCUT2D eigenvalue weighted by molar-refractivity contribution is -0.123. The van der Waals surface area contributed by atoms with Crippen LogP contribution >= 0.6 is 46.6 Å². The Balaban J connectivity index is 1.59. The first kappa shape index (κ1) is 26.1. The molecule has 0 aliphatic carbocycles. The Morgan fingerprint density at radius 2 is 1.72 bits per heavy atom. The summed E-state index contributed by atoms with van der Waals surface area (Å²) in [6, 6.07) is 16.3. The van der Waals surface area contributed by atoms with E-state index in [0.29, 0.717) is 21.2 Å². The average molecular weight is 563 g/mol. The summed E-state index contributed by atoms with van der Waals surface area (Å²) in [6.45, 7) is 2.11. The molecule has 0 N–H and O–H groups in total. The molecule has 0 bridgehead atoms. The number of rotatable bonds is 7. The minimum atomic E-state index is -0.636. The van der Waals surface area contributed by atoms with E-state index in [9.17, 15) is 14.4 Å². The second-order valence-corrected chi connectivity index (χ2v) is 9.76. The molecule has 184 valence electrons. The van der Waals surface area contributed by atoms with Gasteiger partial charge in [-0.05, 0) is 78.4 Å². The van der Waals surface area contributed by atoms with Crippen LogP contribution in [0.1, 0.15) is 28.4 Å². The number of carbonyl (C=O) groups excluding carboxylic acids is 3. The minimum absolute atomic E-state index is 0.0439. The van der Waals surface area contributed by atoms with Crippen molar-refractivity contribution in [1.82, 2.24) is 4.90 Å². The highest BCUT2D eigenvalue weighted by molar-refractivity contribution is 8.18. The molecule has 0 atom stereocenters. The second kappa shape index (κ2) is 11.4. The van der Waals surface area contributed by atoms with E-state index in [1.807, 2.05) is 0 Å². The minimum Gasteiger partial charge on any atom is -0.490 e. The number of thioether (sulfide) groups is 1. The van der Waals surface area contributed by atoms with Crippen molar-refractivity contribution in [2.75, 3.05) is 6.61 Å². The van der Waals surface area contributed by atoms with Gasteiger partial charge < -0.3 is 9.47 Å². The summed E-state index contributed by atoms with van der Waals surface area (Å²) in [5.41, 5.74) is 1.45. The smallest absolute Gasteiger partial charge is 0.343 e. The summed E-state index contributed by atoms with van der Waals surface area (Å²) >= 11 is 19.3. The molecule has 10 heteroatoms. The number of hydrogen-bond acceptors (Lipinski definition) is 6. The highest BCUT2D eigenvalue weighted by Crippen LogP contribution is 2.40. The predicted octanol–water partition coefficient (Wildman–Crippen LogP) is 7.50. The monoisotopic (exact) mass is 561 g/mol. The summed E-state index contributed by atoms with van der Waals surface area (Å²) in [5.74, 6) is -0.823. The van der Waals surface area contributed by atoms with E-state index in [1.54, 1.807) is 49.4 Å². The standard InChI is InChI=1S/C26H18Cl3NO5S/c1-2-34-21-12-15(11-20(29)23(21)35-25(32)16-7-9-18(27)10-8-16)13-22-24(31)30(26(33)36-22)14-17-5-3-4-6-19(17)28/h3-13H,2,14H2,1H3/b22-13-. The molecule has 1 heterocycles. The van der Waals surface area contributed by atoms with Crippen molar-refractivity contribution in [1.29, 1.82) is 0 Å². The van der Waals surface area contributed by atoms with E-state index in [1.165, 1.54) is 24.3 Å². The first-order valence-corrected chi connectivity index (χ1v) is 12.6. The summed E-state index contributed by atoms with van der Waals surface area (Å²) in [5, 5.41) is 0.651. The molecule has 6 nitrogen and oxygen atoms in total. The molecule has 1 aliphatic rings. The quantitative estimate of drug-likeness (QED) is 0.169. The molecule has 2 amide bonds. The number of imide groups is 1. The van der Waals surface area contributed by atoms with E-state index >= 15 is 0 Å². The lowest BCUT2D eigenvalue weighted by Gasteiger charge is -2.14. The summed E-state index contributed by atoms with van der Waals surface area (Å²) in [4.78, 5) is 39.4. The predicted molar refractivity (Wildman–Crippen MR) is 142 cm³/mol. The van der Waals surface area contributed by atoms with Crippen LogP contribution in [-0.4, -0.2) is 28.6 Å². The first-order valence-electron chi connectivity index (χ1n) is 10.7. The van der Waals surface area contributed by atoms with Gasteiger partial charge in [0.05, 0.1) is 28.6 Å². The molecule has 0 radical (unpaired) electrons. The van der Waals surface area contributed by atoms with E-state index in [4.69, 9.17) is 44.3 Å². The second-order valence-electron chi connectivity index (χ2n) is 7.52. The third kappa shape index (κ3) is 5.87. The molecule has 0 unspecified atom stereocenters. The Bertz CT molecular complexity index is 1370. The zero-order chi connectivity index (χ0) is 25.8.